The Balaban J connectivity index is 2.37. The van der Waals surface area contributed by atoms with Crippen LogP contribution in [0.4, 0.5) is 17.6 Å². The normalized spacial score (nSPS) is 37.9. The minimum Gasteiger partial charge on any atom is -0.498 e. The molecule has 0 aliphatic heterocycles. The highest BCUT2D eigenvalue weighted by molar-refractivity contribution is 5.44. The Bertz CT molecular complexity index is 322. The largest absolute Gasteiger partial charge is 0.498 e. The lowest BCUT2D eigenvalue weighted by molar-refractivity contribution is -0.386. The van der Waals surface area contributed by atoms with E-state index >= 15 is 0 Å². The lowest BCUT2D eigenvalue weighted by Crippen LogP contribution is -2.75. The molecule has 3 aliphatic rings. The highest BCUT2D eigenvalue weighted by Gasteiger charge is 2.92. The van der Waals surface area contributed by atoms with Gasteiger partial charge in [-0.25, -0.2) is 17.6 Å². The van der Waals surface area contributed by atoms with Gasteiger partial charge in [-0.2, -0.15) is 0 Å². The van der Waals surface area contributed by atoms with Crippen molar-refractivity contribution in [3.8, 4) is 0 Å². The monoisotopic (exact) mass is 240 g/mol. The summed E-state index contributed by atoms with van der Waals surface area (Å²) in [4.78, 5) is 0. The fourth-order valence-electron chi connectivity index (χ4n) is 2.39. The standard InChI is InChI=1S/C10H12F4O2/c1-3-15-6-5-8(16-4-2)9(11,12)7(6)10(8,13)14/h5,7H,3-4H2,1-2H3. The van der Waals surface area contributed by atoms with Gasteiger partial charge in [-0.1, -0.05) is 0 Å². The Morgan fingerprint density at radius 1 is 1.12 bits per heavy atom. The fraction of sp³-hybridized carbons (Fsp3) is 0.800. The molecule has 0 unspecified atom stereocenters. The summed E-state index contributed by atoms with van der Waals surface area (Å²) in [6.07, 6.45) is 0.741. The zero-order chi connectivity index (χ0) is 12.2. The van der Waals surface area contributed by atoms with Crippen LogP contribution in [-0.2, 0) is 9.47 Å². The summed E-state index contributed by atoms with van der Waals surface area (Å²) >= 11 is 0. The molecule has 0 amide bonds. The molecule has 0 aromatic carbocycles. The van der Waals surface area contributed by atoms with Crippen LogP contribution in [0, 0.1) is 5.92 Å². The molecule has 3 aliphatic carbocycles. The first-order chi connectivity index (χ1) is 7.35. The van der Waals surface area contributed by atoms with Gasteiger partial charge in [-0.05, 0) is 19.9 Å². The van der Waals surface area contributed by atoms with Gasteiger partial charge >= 0.3 is 11.8 Å². The third kappa shape index (κ3) is 0.965. The van der Waals surface area contributed by atoms with E-state index in [1.165, 1.54) is 6.92 Å². The first-order valence-corrected chi connectivity index (χ1v) is 5.10. The molecule has 6 heteroatoms. The molecule has 0 atom stereocenters. The van der Waals surface area contributed by atoms with Crippen molar-refractivity contribution < 1.29 is 27.0 Å². The van der Waals surface area contributed by atoms with E-state index in [4.69, 9.17) is 4.74 Å². The van der Waals surface area contributed by atoms with E-state index < -0.39 is 23.4 Å². The molecule has 0 aromatic heterocycles. The van der Waals surface area contributed by atoms with E-state index in [2.05, 4.69) is 4.74 Å². The van der Waals surface area contributed by atoms with Crippen molar-refractivity contribution in [3.05, 3.63) is 11.8 Å². The molecule has 0 heterocycles. The molecule has 1 fully saturated rings. The number of rotatable bonds is 4. The van der Waals surface area contributed by atoms with Gasteiger partial charge in [0.2, 0.25) is 5.60 Å². The van der Waals surface area contributed by atoms with E-state index in [0.717, 1.165) is 6.08 Å². The maximum Gasteiger partial charge on any atom is 0.301 e. The summed E-state index contributed by atoms with van der Waals surface area (Å²) in [5.41, 5.74) is -2.80. The Morgan fingerprint density at radius 2 is 1.69 bits per heavy atom. The highest BCUT2D eigenvalue weighted by atomic mass is 19.3. The number of ether oxygens (including phenoxy) is 2. The topological polar surface area (TPSA) is 18.5 Å². The summed E-state index contributed by atoms with van der Waals surface area (Å²) in [6, 6.07) is 0. The summed E-state index contributed by atoms with van der Waals surface area (Å²) in [5.74, 6) is -9.70. The molecule has 2 nitrogen and oxygen atoms in total. The summed E-state index contributed by atoms with van der Waals surface area (Å²) in [5, 5.41) is 0. The molecule has 0 radical (unpaired) electrons. The third-order valence-corrected chi connectivity index (χ3v) is 3.03. The van der Waals surface area contributed by atoms with Crippen molar-refractivity contribution in [2.24, 2.45) is 5.92 Å². The van der Waals surface area contributed by atoms with Gasteiger partial charge in [0.05, 0.1) is 6.61 Å². The second-order valence-electron chi connectivity index (χ2n) is 3.83. The van der Waals surface area contributed by atoms with Crippen LogP contribution in [0.3, 0.4) is 0 Å². The van der Waals surface area contributed by atoms with Crippen molar-refractivity contribution >= 4 is 0 Å². The maximum atomic E-state index is 13.6. The second-order valence-corrected chi connectivity index (χ2v) is 3.83. The first-order valence-electron chi connectivity index (χ1n) is 5.10. The van der Waals surface area contributed by atoms with Gasteiger partial charge in [0.25, 0.3) is 0 Å². The third-order valence-electron chi connectivity index (χ3n) is 3.03. The number of allylic oxidation sites excluding steroid dienone is 1. The van der Waals surface area contributed by atoms with Gasteiger partial charge in [0, 0.05) is 6.61 Å². The molecule has 0 spiro atoms. The molecule has 0 aromatic rings. The zero-order valence-electron chi connectivity index (χ0n) is 8.90. The lowest BCUT2D eigenvalue weighted by atomic mass is 9.69. The highest BCUT2D eigenvalue weighted by Crippen LogP contribution is 2.71. The molecule has 0 N–H and O–H groups in total. The molecular weight excluding hydrogens is 228 g/mol. The van der Waals surface area contributed by atoms with Crippen molar-refractivity contribution in [3.63, 3.8) is 0 Å². The predicted molar refractivity (Wildman–Crippen MR) is 47.5 cm³/mol. The van der Waals surface area contributed by atoms with Crippen molar-refractivity contribution in [1.29, 1.82) is 0 Å². The SMILES string of the molecule is CCOC1=CC2(OCC)C(F)(F)C1C2(F)F. The summed E-state index contributed by atoms with van der Waals surface area (Å²) < 4.78 is 63.7. The van der Waals surface area contributed by atoms with Gasteiger partial charge in [-0.15, -0.1) is 0 Å². The zero-order valence-corrected chi connectivity index (χ0v) is 8.90. The Morgan fingerprint density at radius 3 is 2.12 bits per heavy atom. The lowest BCUT2D eigenvalue weighted by Gasteiger charge is -2.52. The Labute approximate surface area is 90.2 Å². The van der Waals surface area contributed by atoms with Crippen molar-refractivity contribution in [2.45, 2.75) is 31.3 Å². The van der Waals surface area contributed by atoms with Gasteiger partial charge in [0.1, 0.15) is 5.76 Å². The van der Waals surface area contributed by atoms with Crippen molar-refractivity contribution in [1.82, 2.24) is 0 Å². The number of hydrogen-bond donors (Lipinski definition) is 0. The van der Waals surface area contributed by atoms with Crippen LogP contribution >= 0.6 is 0 Å². The number of halogens is 4. The van der Waals surface area contributed by atoms with Gasteiger partial charge < -0.3 is 9.47 Å². The molecule has 16 heavy (non-hydrogen) atoms. The first kappa shape index (κ1) is 11.7. The Kier molecular flexibility index (Phi) is 2.28. The predicted octanol–water partition coefficient (Wildman–Crippen LogP) is 2.60. The van der Waals surface area contributed by atoms with E-state index in [1.54, 1.807) is 6.92 Å². The molecule has 3 rings (SSSR count). The summed E-state index contributed by atoms with van der Waals surface area (Å²) in [6.45, 7) is 2.84. The van der Waals surface area contributed by atoms with E-state index in [0.29, 0.717) is 0 Å². The average Bonchev–Trinajstić information content (AvgIpc) is 2.51. The minimum absolute atomic E-state index is 0.0801. The molecular formula is C10H12F4O2. The second kappa shape index (κ2) is 3.12. The van der Waals surface area contributed by atoms with Crippen LogP contribution in [0.1, 0.15) is 13.8 Å². The molecule has 1 saturated carbocycles. The van der Waals surface area contributed by atoms with Crippen LogP contribution in [0.2, 0.25) is 0 Å². The average molecular weight is 240 g/mol. The quantitative estimate of drug-likeness (QED) is 0.703. The number of hydrogen-bond acceptors (Lipinski definition) is 2. The Hall–Kier alpha value is -0.780. The van der Waals surface area contributed by atoms with Crippen LogP contribution in [0.5, 0.6) is 0 Å². The molecule has 92 valence electrons. The van der Waals surface area contributed by atoms with Crippen LogP contribution in [-0.4, -0.2) is 30.7 Å². The molecule has 2 bridgehead atoms. The van der Waals surface area contributed by atoms with Crippen LogP contribution in [0.25, 0.3) is 0 Å². The van der Waals surface area contributed by atoms with E-state index in [9.17, 15) is 17.6 Å². The minimum atomic E-state index is -3.59. The van der Waals surface area contributed by atoms with E-state index in [-0.39, 0.29) is 19.0 Å². The fourth-order valence-corrected chi connectivity index (χ4v) is 2.39. The smallest absolute Gasteiger partial charge is 0.301 e. The van der Waals surface area contributed by atoms with Gasteiger partial charge in [-0.3, -0.25) is 0 Å². The van der Waals surface area contributed by atoms with Crippen LogP contribution < -0.4 is 0 Å². The van der Waals surface area contributed by atoms with Crippen LogP contribution in [0.15, 0.2) is 11.8 Å². The maximum absolute atomic E-state index is 13.6. The summed E-state index contributed by atoms with van der Waals surface area (Å²) in [7, 11) is 0. The van der Waals surface area contributed by atoms with Gasteiger partial charge in [0.15, 0.2) is 5.92 Å². The van der Waals surface area contributed by atoms with Crippen molar-refractivity contribution in [2.75, 3.05) is 13.2 Å². The molecule has 0 saturated heterocycles. The van der Waals surface area contributed by atoms with E-state index in [1.807, 2.05) is 0 Å². The number of alkyl halides is 4.